The highest BCUT2D eigenvalue weighted by atomic mass is 32.2. The van der Waals surface area contributed by atoms with E-state index in [2.05, 4.69) is 36.1 Å². The lowest BCUT2D eigenvalue weighted by atomic mass is 9.83. The van der Waals surface area contributed by atoms with Crippen LogP contribution in [0.4, 0.5) is 0 Å². The summed E-state index contributed by atoms with van der Waals surface area (Å²) in [7, 11) is -2.79. The molecule has 0 aromatic heterocycles. The average molecular weight is 279 g/mol. The summed E-state index contributed by atoms with van der Waals surface area (Å²) in [4.78, 5) is 2.36. The summed E-state index contributed by atoms with van der Waals surface area (Å²) >= 11 is 0. The number of likely N-dealkylation sites (tertiary alicyclic amines) is 1. The molecule has 0 radical (unpaired) electrons. The SMILES string of the molecule is CCc1ccc(CN2CCC23CCS(=O)(=O)C3)cc1. The van der Waals surface area contributed by atoms with E-state index in [0.29, 0.717) is 11.5 Å². The lowest BCUT2D eigenvalue weighted by molar-refractivity contribution is -0.00133. The zero-order chi connectivity index (χ0) is 13.5. The zero-order valence-electron chi connectivity index (χ0n) is 11.4. The molecule has 0 N–H and O–H groups in total. The summed E-state index contributed by atoms with van der Waals surface area (Å²) in [6.07, 6.45) is 2.92. The molecule has 104 valence electrons. The van der Waals surface area contributed by atoms with Gasteiger partial charge in [-0.05, 0) is 30.4 Å². The predicted molar refractivity (Wildman–Crippen MR) is 76.8 cm³/mol. The van der Waals surface area contributed by atoms with Crippen LogP contribution in [0.2, 0.25) is 0 Å². The van der Waals surface area contributed by atoms with Crippen molar-refractivity contribution in [2.45, 2.75) is 38.3 Å². The van der Waals surface area contributed by atoms with E-state index in [9.17, 15) is 8.42 Å². The van der Waals surface area contributed by atoms with Crippen LogP contribution in [-0.4, -0.2) is 36.9 Å². The molecule has 0 saturated carbocycles. The summed E-state index contributed by atoms with van der Waals surface area (Å²) in [5.41, 5.74) is 2.61. The maximum atomic E-state index is 11.7. The van der Waals surface area contributed by atoms with Crippen LogP contribution >= 0.6 is 0 Å². The Balaban J connectivity index is 1.70. The van der Waals surface area contributed by atoms with E-state index in [1.807, 2.05) is 0 Å². The first-order valence-corrected chi connectivity index (χ1v) is 8.88. The van der Waals surface area contributed by atoms with Crippen molar-refractivity contribution in [1.29, 1.82) is 0 Å². The quantitative estimate of drug-likeness (QED) is 0.849. The monoisotopic (exact) mass is 279 g/mol. The van der Waals surface area contributed by atoms with Crippen LogP contribution < -0.4 is 0 Å². The molecular weight excluding hydrogens is 258 g/mol. The Labute approximate surface area is 115 Å². The third-order valence-corrected chi connectivity index (χ3v) is 6.49. The average Bonchev–Trinajstić information content (AvgIpc) is 2.74. The molecule has 1 atom stereocenters. The molecule has 4 heteroatoms. The van der Waals surface area contributed by atoms with Crippen molar-refractivity contribution in [2.24, 2.45) is 0 Å². The number of hydrogen-bond donors (Lipinski definition) is 0. The van der Waals surface area contributed by atoms with Crippen LogP contribution in [0.5, 0.6) is 0 Å². The highest BCUT2D eigenvalue weighted by Crippen LogP contribution is 2.41. The molecule has 2 fully saturated rings. The van der Waals surface area contributed by atoms with Crippen molar-refractivity contribution in [3.05, 3.63) is 35.4 Å². The molecular formula is C15H21NO2S. The van der Waals surface area contributed by atoms with Gasteiger partial charge in [0.15, 0.2) is 9.84 Å². The van der Waals surface area contributed by atoms with Crippen LogP contribution in [0.25, 0.3) is 0 Å². The van der Waals surface area contributed by atoms with E-state index < -0.39 is 9.84 Å². The molecule has 1 unspecified atom stereocenters. The zero-order valence-corrected chi connectivity index (χ0v) is 12.2. The van der Waals surface area contributed by atoms with Gasteiger partial charge in [-0.25, -0.2) is 8.42 Å². The fourth-order valence-corrected chi connectivity index (χ4v) is 5.40. The number of rotatable bonds is 3. The van der Waals surface area contributed by atoms with Crippen molar-refractivity contribution in [2.75, 3.05) is 18.1 Å². The summed E-state index contributed by atoms with van der Waals surface area (Å²) in [6, 6.07) is 8.70. The molecule has 3 nitrogen and oxygen atoms in total. The van der Waals surface area contributed by atoms with Gasteiger partial charge in [0.2, 0.25) is 0 Å². The molecule has 19 heavy (non-hydrogen) atoms. The highest BCUT2D eigenvalue weighted by molar-refractivity contribution is 7.91. The fourth-order valence-electron chi connectivity index (χ4n) is 3.28. The minimum absolute atomic E-state index is 0.0394. The maximum Gasteiger partial charge on any atom is 0.152 e. The first-order valence-electron chi connectivity index (χ1n) is 7.06. The third kappa shape index (κ3) is 2.43. The molecule has 0 amide bonds. The van der Waals surface area contributed by atoms with Crippen molar-refractivity contribution in [3.8, 4) is 0 Å². The lowest BCUT2D eigenvalue weighted by Crippen LogP contribution is -2.59. The first-order chi connectivity index (χ1) is 9.03. The summed E-state index contributed by atoms with van der Waals surface area (Å²) in [5, 5.41) is 0. The van der Waals surface area contributed by atoms with Crippen LogP contribution in [0.1, 0.15) is 30.9 Å². The predicted octanol–water partition coefficient (Wildman–Crippen LogP) is 2.01. The van der Waals surface area contributed by atoms with E-state index in [-0.39, 0.29) is 5.54 Å². The van der Waals surface area contributed by atoms with Gasteiger partial charge < -0.3 is 0 Å². The Kier molecular flexibility index (Phi) is 3.18. The van der Waals surface area contributed by atoms with E-state index >= 15 is 0 Å². The molecule has 3 rings (SSSR count). The van der Waals surface area contributed by atoms with Crippen molar-refractivity contribution in [3.63, 3.8) is 0 Å². The van der Waals surface area contributed by atoms with Crippen molar-refractivity contribution < 1.29 is 8.42 Å². The van der Waals surface area contributed by atoms with Gasteiger partial charge in [0.05, 0.1) is 11.5 Å². The van der Waals surface area contributed by atoms with Crippen molar-refractivity contribution >= 4 is 9.84 Å². The van der Waals surface area contributed by atoms with E-state index in [0.717, 1.165) is 32.4 Å². The molecule has 0 bridgehead atoms. The highest BCUT2D eigenvalue weighted by Gasteiger charge is 2.51. The number of aryl methyl sites for hydroxylation is 1. The summed E-state index contributed by atoms with van der Waals surface area (Å²) < 4.78 is 23.4. The van der Waals surface area contributed by atoms with Crippen molar-refractivity contribution in [1.82, 2.24) is 4.90 Å². The Bertz CT molecular complexity index is 564. The Morgan fingerprint density at radius 3 is 2.32 bits per heavy atom. The molecule has 1 aromatic rings. The molecule has 2 saturated heterocycles. The largest absolute Gasteiger partial charge is 0.292 e. The van der Waals surface area contributed by atoms with Crippen LogP contribution in [0.3, 0.4) is 0 Å². The van der Waals surface area contributed by atoms with E-state index in [1.54, 1.807) is 0 Å². The van der Waals surface area contributed by atoms with Gasteiger partial charge in [0.1, 0.15) is 0 Å². The second-order valence-corrected chi connectivity index (χ2v) is 8.09. The van der Waals surface area contributed by atoms with Gasteiger partial charge in [-0.3, -0.25) is 4.90 Å². The normalized spacial score (nSPS) is 29.5. The Morgan fingerprint density at radius 2 is 1.84 bits per heavy atom. The molecule has 0 aliphatic carbocycles. The van der Waals surface area contributed by atoms with Gasteiger partial charge >= 0.3 is 0 Å². The molecule has 2 aliphatic rings. The number of benzene rings is 1. The summed E-state index contributed by atoms with van der Waals surface area (Å²) in [5.74, 6) is 0.741. The Hall–Kier alpha value is -0.870. The molecule has 1 spiro atoms. The van der Waals surface area contributed by atoms with Crippen LogP contribution in [0, 0.1) is 0 Å². The minimum atomic E-state index is -2.79. The van der Waals surface area contributed by atoms with E-state index in [1.165, 1.54) is 11.1 Å². The van der Waals surface area contributed by atoms with Gasteiger partial charge in [-0.1, -0.05) is 31.2 Å². The maximum absolute atomic E-state index is 11.7. The van der Waals surface area contributed by atoms with Crippen LogP contribution in [0.15, 0.2) is 24.3 Å². The molecule has 2 heterocycles. The minimum Gasteiger partial charge on any atom is -0.292 e. The summed E-state index contributed by atoms with van der Waals surface area (Å²) in [6.45, 7) is 4.08. The number of hydrogen-bond acceptors (Lipinski definition) is 3. The third-order valence-electron chi connectivity index (χ3n) is 4.69. The van der Waals surface area contributed by atoms with Crippen LogP contribution in [-0.2, 0) is 22.8 Å². The van der Waals surface area contributed by atoms with Gasteiger partial charge in [0.25, 0.3) is 0 Å². The number of nitrogens with zero attached hydrogens (tertiary/aromatic N) is 1. The lowest BCUT2D eigenvalue weighted by Gasteiger charge is -2.50. The molecule has 1 aromatic carbocycles. The number of sulfone groups is 1. The first kappa shape index (κ1) is 13.1. The van der Waals surface area contributed by atoms with Gasteiger partial charge in [-0.2, -0.15) is 0 Å². The molecule has 2 aliphatic heterocycles. The smallest absolute Gasteiger partial charge is 0.152 e. The second kappa shape index (κ2) is 4.60. The standard InChI is InChI=1S/C15H21NO2S/c1-2-13-3-5-14(6-4-13)11-16-9-7-15(16)8-10-19(17,18)12-15/h3-6H,2,7-12H2,1H3. The van der Waals surface area contributed by atoms with E-state index in [4.69, 9.17) is 0 Å². The van der Waals surface area contributed by atoms with Gasteiger partial charge in [0, 0.05) is 18.6 Å². The fraction of sp³-hybridized carbons (Fsp3) is 0.600. The van der Waals surface area contributed by atoms with Gasteiger partial charge in [-0.15, -0.1) is 0 Å². The Morgan fingerprint density at radius 1 is 1.16 bits per heavy atom. The topological polar surface area (TPSA) is 37.4 Å². The second-order valence-electron chi connectivity index (χ2n) is 5.91.